The van der Waals surface area contributed by atoms with Crippen molar-refractivity contribution >= 4 is 33.3 Å². The number of hydrogen-bond acceptors (Lipinski definition) is 4. The smallest absolute Gasteiger partial charge is 0.291 e. The summed E-state index contributed by atoms with van der Waals surface area (Å²) in [5, 5.41) is 2.70. The van der Waals surface area contributed by atoms with Crippen LogP contribution in [0.25, 0.3) is 0 Å². The SMILES string of the molecule is CC1(C)CC(=O)c2cc(NC(=O)c3ccc(Br)o3)ccc2O1. The maximum Gasteiger partial charge on any atom is 0.291 e. The monoisotopic (exact) mass is 363 g/mol. The minimum absolute atomic E-state index is 0.00286. The van der Waals surface area contributed by atoms with Crippen LogP contribution in [0.4, 0.5) is 5.69 Å². The molecule has 2 heterocycles. The Morgan fingerprint density at radius 1 is 1.27 bits per heavy atom. The lowest BCUT2D eigenvalue weighted by Crippen LogP contribution is -2.35. The number of furan rings is 1. The molecule has 114 valence electrons. The number of carbonyl (C=O) groups excluding carboxylic acids is 2. The van der Waals surface area contributed by atoms with Gasteiger partial charge < -0.3 is 14.5 Å². The molecule has 1 aromatic carbocycles. The highest BCUT2D eigenvalue weighted by molar-refractivity contribution is 9.10. The van der Waals surface area contributed by atoms with Crippen LogP contribution in [-0.2, 0) is 0 Å². The molecule has 0 bridgehead atoms. The number of ether oxygens (including phenoxy) is 1. The van der Waals surface area contributed by atoms with Gasteiger partial charge in [0.2, 0.25) is 0 Å². The van der Waals surface area contributed by atoms with Gasteiger partial charge in [0.15, 0.2) is 16.2 Å². The molecule has 0 unspecified atom stereocenters. The molecule has 6 heteroatoms. The standard InChI is InChI=1S/C16H14BrNO4/c1-16(2)8-11(19)10-7-9(3-4-12(10)22-16)18-15(20)13-5-6-14(17)21-13/h3-7H,8H2,1-2H3,(H,18,20). The van der Waals surface area contributed by atoms with Gasteiger partial charge in [-0.15, -0.1) is 0 Å². The molecule has 0 saturated heterocycles. The van der Waals surface area contributed by atoms with Gasteiger partial charge in [-0.2, -0.15) is 0 Å². The van der Waals surface area contributed by atoms with E-state index in [1.54, 1.807) is 30.3 Å². The Morgan fingerprint density at radius 3 is 2.73 bits per heavy atom. The average Bonchev–Trinajstić information content (AvgIpc) is 2.85. The number of Topliss-reactive ketones (excluding diaryl/α,β-unsaturated/α-hetero) is 1. The number of amides is 1. The first-order chi connectivity index (χ1) is 10.3. The van der Waals surface area contributed by atoms with Gasteiger partial charge in [-0.3, -0.25) is 9.59 Å². The summed E-state index contributed by atoms with van der Waals surface area (Å²) in [5.41, 5.74) is 0.501. The first-order valence-corrected chi connectivity index (χ1v) is 7.56. The molecule has 1 amide bonds. The Balaban J connectivity index is 1.84. The van der Waals surface area contributed by atoms with Crippen molar-refractivity contribution in [2.45, 2.75) is 25.9 Å². The van der Waals surface area contributed by atoms with E-state index >= 15 is 0 Å². The van der Waals surface area contributed by atoms with Crippen molar-refractivity contribution in [3.63, 3.8) is 0 Å². The zero-order chi connectivity index (χ0) is 15.9. The van der Waals surface area contributed by atoms with Crippen molar-refractivity contribution in [3.05, 3.63) is 46.3 Å². The van der Waals surface area contributed by atoms with Crippen LogP contribution in [0, 0.1) is 0 Å². The minimum atomic E-state index is -0.505. The number of nitrogens with one attached hydrogen (secondary N) is 1. The van der Waals surface area contributed by atoms with E-state index in [1.165, 1.54) is 0 Å². The Labute approximate surface area is 135 Å². The van der Waals surface area contributed by atoms with Crippen LogP contribution in [0.1, 0.15) is 41.2 Å². The quantitative estimate of drug-likeness (QED) is 0.873. The molecule has 5 nitrogen and oxygen atoms in total. The molecule has 0 saturated carbocycles. The van der Waals surface area contributed by atoms with Crippen molar-refractivity contribution in [2.24, 2.45) is 0 Å². The fraction of sp³-hybridized carbons (Fsp3) is 0.250. The molecule has 3 rings (SSSR count). The van der Waals surface area contributed by atoms with E-state index in [-0.39, 0.29) is 17.5 Å². The summed E-state index contributed by atoms with van der Waals surface area (Å²) in [6.45, 7) is 3.75. The number of carbonyl (C=O) groups is 2. The van der Waals surface area contributed by atoms with Crippen LogP contribution in [-0.4, -0.2) is 17.3 Å². The van der Waals surface area contributed by atoms with Gasteiger partial charge in [-0.1, -0.05) is 0 Å². The van der Waals surface area contributed by atoms with E-state index in [1.807, 2.05) is 13.8 Å². The molecule has 0 atom stereocenters. The fourth-order valence-electron chi connectivity index (χ4n) is 2.36. The normalized spacial score (nSPS) is 15.9. The first kappa shape index (κ1) is 14.8. The summed E-state index contributed by atoms with van der Waals surface area (Å²) in [4.78, 5) is 24.2. The summed E-state index contributed by atoms with van der Waals surface area (Å²) in [6.07, 6.45) is 0.308. The van der Waals surface area contributed by atoms with Crippen molar-refractivity contribution in [1.82, 2.24) is 0 Å². The molecule has 1 N–H and O–H groups in total. The summed E-state index contributed by atoms with van der Waals surface area (Å²) in [7, 11) is 0. The number of benzene rings is 1. The number of hydrogen-bond donors (Lipinski definition) is 1. The van der Waals surface area contributed by atoms with E-state index in [9.17, 15) is 9.59 Å². The van der Waals surface area contributed by atoms with Gasteiger partial charge in [-0.05, 0) is 60.1 Å². The molecule has 0 aliphatic carbocycles. The zero-order valence-corrected chi connectivity index (χ0v) is 13.7. The predicted octanol–water partition coefficient (Wildman–Crippen LogP) is 4.04. The maximum atomic E-state index is 12.2. The topological polar surface area (TPSA) is 68.5 Å². The van der Waals surface area contributed by atoms with Crippen molar-refractivity contribution < 1.29 is 18.7 Å². The molecule has 22 heavy (non-hydrogen) atoms. The van der Waals surface area contributed by atoms with Crippen LogP contribution >= 0.6 is 15.9 Å². The van der Waals surface area contributed by atoms with Gasteiger partial charge in [0.05, 0.1) is 12.0 Å². The van der Waals surface area contributed by atoms with Crippen LogP contribution in [0.2, 0.25) is 0 Å². The Kier molecular flexibility index (Phi) is 3.56. The van der Waals surface area contributed by atoms with E-state index in [0.717, 1.165) is 0 Å². The average molecular weight is 364 g/mol. The summed E-state index contributed by atoms with van der Waals surface area (Å²) in [5.74, 6) is 0.353. The third-order valence-electron chi connectivity index (χ3n) is 3.31. The highest BCUT2D eigenvalue weighted by Gasteiger charge is 2.32. The largest absolute Gasteiger partial charge is 0.487 e. The van der Waals surface area contributed by atoms with E-state index in [0.29, 0.717) is 28.1 Å². The van der Waals surface area contributed by atoms with Gasteiger partial charge in [0, 0.05) is 5.69 Å². The zero-order valence-electron chi connectivity index (χ0n) is 12.1. The third kappa shape index (κ3) is 2.92. The number of anilines is 1. The van der Waals surface area contributed by atoms with Crippen molar-refractivity contribution in [2.75, 3.05) is 5.32 Å². The number of halogens is 1. The second-order valence-electron chi connectivity index (χ2n) is 5.73. The lowest BCUT2D eigenvalue weighted by atomic mass is 9.93. The van der Waals surface area contributed by atoms with E-state index in [4.69, 9.17) is 9.15 Å². The van der Waals surface area contributed by atoms with Gasteiger partial charge >= 0.3 is 0 Å². The predicted molar refractivity (Wildman–Crippen MR) is 84.5 cm³/mol. The molecule has 1 aromatic heterocycles. The van der Waals surface area contributed by atoms with Crippen molar-refractivity contribution in [1.29, 1.82) is 0 Å². The Hall–Kier alpha value is -2.08. The molecular weight excluding hydrogens is 350 g/mol. The second kappa shape index (κ2) is 5.28. The minimum Gasteiger partial charge on any atom is -0.487 e. The third-order valence-corrected chi connectivity index (χ3v) is 3.73. The number of ketones is 1. The van der Waals surface area contributed by atoms with Gasteiger partial charge in [0.1, 0.15) is 11.4 Å². The molecule has 1 aliphatic heterocycles. The molecule has 0 radical (unpaired) electrons. The van der Waals surface area contributed by atoms with Gasteiger partial charge in [-0.25, -0.2) is 0 Å². The molecule has 0 fully saturated rings. The van der Waals surface area contributed by atoms with E-state index in [2.05, 4.69) is 21.2 Å². The lowest BCUT2D eigenvalue weighted by molar-refractivity contribution is 0.0620. The summed E-state index contributed by atoms with van der Waals surface area (Å²) in [6, 6.07) is 8.23. The molecule has 0 spiro atoms. The highest BCUT2D eigenvalue weighted by atomic mass is 79.9. The summed E-state index contributed by atoms with van der Waals surface area (Å²) >= 11 is 3.15. The Bertz CT molecular complexity index is 763. The molecule has 2 aromatic rings. The van der Waals surface area contributed by atoms with Crippen LogP contribution in [0.5, 0.6) is 5.75 Å². The van der Waals surface area contributed by atoms with Gasteiger partial charge in [0.25, 0.3) is 5.91 Å². The summed E-state index contributed by atoms with van der Waals surface area (Å²) < 4.78 is 11.5. The lowest BCUT2D eigenvalue weighted by Gasteiger charge is -2.31. The second-order valence-corrected chi connectivity index (χ2v) is 6.51. The van der Waals surface area contributed by atoms with Crippen LogP contribution < -0.4 is 10.1 Å². The fourth-order valence-corrected chi connectivity index (χ4v) is 2.67. The van der Waals surface area contributed by atoms with E-state index < -0.39 is 5.60 Å². The Morgan fingerprint density at radius 2 is 2.05 bits per heavy atom. The van der Waals surface area contributed by atoms with Crippen LogP contribution in [0.3, 0.4) is 0 Å². The van der Waals surface area contributed by atoms with Crippen LogP contribution in [0.15, 0.2) is 39.4 Å². The number of fused-ring (bicyclic) bond motifs is 1. The molecular formula is C16H14BrNO4. The number of rotatable bonds is 2. The highest BCUT2D eigenvalue weighted by Crippen LogP contribution is 2.34. The maximum absolute atomic E-state index is 12.2. The molecule has 1 aliphatic rings. The first-order valence-electron chi connectivity index (χ1n) is 6.77. The van der Waals surface area contributed by atoms with Crippen molar-refractivity contribution in [3.8, 4) is 5.75 Å².